The summed E-state index contributed by atoms with van der Waals surface area (Å²) in [6.07, 6.45) is 1.93. The molecule has 0 spiro atoms. The summed E-state index contributed by atoms with van der Waals surface area (Å²) in [6, 6.07) is 15.8. The second kappa shape index (κ2) is 6.79. The number of aromatic nitrogens is 1. The molecule has 2 aromatic carbocycles. The molecule has 1 heterocycles. The van der Waals surface area contributed by atoms with Crippen LogP contribution < -0.4 is 10.1 Å². The molecule has 4 nitrogen and oxygen atoms in total. The number of hydrogen-bond donors (Lipinski definition) is 1. The number of rotatable bonds is 5. The average molecular weight is 322 g/mol. The highest BCUT2D eigenvalue weighted by atomic mass is 16.5. The number of fused-ring (bicyclic) bond motifs is 1. The van der Waals surface area contributed by atoms with E-state index in [0.717, 1.165) is 27.9 Å². The molecular weight excluding hydrogens is 300 g/mol. The Balaban J connectivity index is 1.78. The van der Waals surface area contributed by atoms with E-state index in [1.807, 2.05) is 53.2 Å². The van der Waals surface area contributed by atoms with E-state index in [0.29, 0.717) is 5.92 Å². The Hall–Kier alpha value is -2.75. The largest absolute Gasteiger partial charge is 0.497 e. The van der Waals surface area contributed by atoms with Crippen LogP contribution in [0.1, 0.15) is 25.3 Å². The monoisotopic (exact) mass is 322 g/mol. The SMILES string of the molecule is COc1ccc2c(ccn2CC(=O)Nc2ccccc2C(C)C)c1. The van der Waals surface area contributed by atoms with Crippen molar-refractivity contribution >= 4 is 22.5 Å². The number of carbonyl (C=O) groups excluding carboxylic acids is 1. The van der Waals surface area contributed by atoms with Crippen molar-refractivity contribution in [1.82, 2.24) is 4.57 Å². The van der Waals surface area contributed by atoms with Gasteiger partial charge in [-0.3, -0.25) is 4.79 Å². The third-order valence-corrected chi connectivity index (χ3v) is 4.15. The van der Waals surface area contributed by atoms with E-state index in [9.17, 15) is 4.79 Å². The molecular formula is C20H22N2O2. The molecule has 0 fully saturated rings. The van der Waals surface area contributed by atoms with Crippen LogP contribution in [0.4, 0.5) is 5.69 Å². The standard InChI is InChI=1S/C20H22N2O2/c1-14(2)17-6-4-5-7-18(17)21-20(23)13-22-11-10-15-12-16(24-3)8-9-19(15)22/h4-12,14H,13H2,1-3H3,(H,21,23). The van der Waals surface area contributed by atoms with Crippen LogP contribution in [0.2, 0.25) is 0 Å². The third kappa shape index (κ3) is 3.27. The zero-order chi connectivity index (χ0) is 17.1. The number of benzene rings is 2. The van der Waals surface area contributed by atoms with Crippen LogP contribution in [0.5, 0.6) is 5.75 Å². The number of para-hydroxylation sites is 1. The highest BCUT2D eigenvalue weighted by molar-refractivity contribution is 5.93. The fraction of sp³-hybridized carbons (Fsp3) is 0.250. The molecule has 0 atom stereocenters. The summed E-state index contributed by atoms with van der Waals surface area (Å²) in [5.41, 5.74) is 3.05. The molecule has 0 bridgehead atoms. The normalized spacial score (nSPS) is 11.0. The molecule has 0 aliphatic heterocycles. The van der Waals surface area contributed by atoms with Crippen molar-refractivity contribution in [2.24, 2.45) is 0 Å². The summed E-state index contributed by atoms with van der Waals surface area (Å²) in [4.78, 5) is 12.5. The summed E-state index contributed by atoms with van der Waals surface area (Å²) in [6.45, 7) is 4.53. The Morgan fingerprint density at radius 3 is 2.71 bits per heavy atom. The minimum atomic E-state index is -0.0311. The fourth-order valence-electron chi connectivity index (χ4n) is 2.90. The van der Waals surface area contributed by atoms with Gasteiger partial charge in [-0.25, -0.2) is 0 Å². The van der Waals surface area contributed by atoms with Crippen molar-refractivity contribution in [3.05, 3.63) is 60.3 Å². The van der Waals surface area contributed by atoms with Crippen LogP contribution >= 0.6 is 0 Å². The van der Waals surface area contributed by atoms with Crippen molar-refractivity contribution in [3.63, 3.8) is 0 Å². The van der Waals surface area contributed by atoms with Crippen LogP contribution in [0.3, 0.4) is 0 Å². The zero-order valence-electron chi connectivity index (χ0n) is 14.2. The van der Waals surface area contributed by atoms with E-state index in [4.69, 9.17) is 4.74 Å². The number of nitrogens with zero attached hydrogens (tertiary/aromatic N) is 1. The van der Waals surface area contributed by atoms with Gasteiger partial charge in [0, 0.05) is 22.8 Å². The Morgan fingerprint density at radius 2 is 1.96 bits per heavy atom. The Labute approximate surface area is 142 Å². The van der Waals surface area contributed by atoms with Gasteiger partial charge >= 0.3 is 0 Å². The molecule has 0 aliphatic rings. The quantitative estimate of drug-likeness (QED) is 0.756. The first-order valence-electron chi connectivity index (χ1n) is 8.10. The second-order valence-electron chi connectivity index (χ2n) is 6.16. The number of hydrogen-bond acceptors (Lipinski definition) is 2. The molecule has 3 rings (SSSR count). The van der Waals surface area contributed by atoms with Gasteiger partial charge < -0.3 is 14.6 Å². The van der Waals surface area contributed by atoms with Gasteiger partial charge in [0.2, 0.25) is 5.91 Å². The number of ether oxygens (including phenoxy) is 1. The van der Waals surface area contributed by atoms with E-state index in [1.165, 1.54) is 0 Å². The number of anilines is 1. The summed E-state index contributed by atoms with van der Waals surface area (Å²) >= 11 is 0. The van der Waals surface area contributed by atoms with Gasteiger partial charge in [-0.15, -0.1) is 0 Å². The number of amides is 1. The van der Waals surface area contributed by atoms with E-state index in [1.54, 1.807) is 7.11 Å². The molecule has 4 heteroatoms. The maximum absolute atomic E-state index is 12.5. The van der Waals surface area contributed by atoms with E-state index < -0.39 is 0 Å². The second-order valence-corrected chi connectivity index (χ2v) is 6.16. The Bertz CT molecular complexity index is 865. The Kier molecular flexibility index (Phi) is 4.56. The van der Waals surface area contributed by atoms with Gasteiger partial charge in [0.05, 0.1) is 7.11 Å². The lowest BCUT2D eigenvalue weighted by Gasteiger charge is -2.14. The third-order valence-electron chi connectivity index (χ3n) is 4.15. The first-order chi connectivity index (χ1) is 11.6. The van der Waals surface area contributed by atoms with Crippen molar-refractivity contribution in [2.75, 3.05) is 12.4 Å². The molecule has 0 aliphatic carbocycles. The molecule has 0 saturated heterocycles. The van der Waals surface area contributed by atoms with E-state index in [2.05, 4.69) is 25.2 Å². The van der Waals surface area contributed by atoms with Crippen LogP contribution in [-0.2, 0) is 11.3 Å². The molecule has 0 radical (unpaired) electrons. The lowest BCUT2D eigenvalue weighted by molar-refractivity contribution is -0.116. The summed E-state index contributed by atoms with van der Waals surface area (Å²) in [7, 11) is 1.65. The van der Waals surface area contributed by atoms with Gasteiger partial charge in [0.15, 0.2) is 0 Å². The number of methoxy groups -OCH3 is 1. The minimum absolute atomic E-state index is 0.0311. The van der Waals surface area contributed by atoms with E-state index >= 15 is 0 Å². The molecule has 0 unspecified atom stereocenters. The van der Waals surface area contributed by atoms with Gasteiger partial charge in [-0.2, -0.15) is 0 Å². The number of nitrogens with one attached hydrogen (secondary N) is 1. The minimum Gasteiger partial charge on any atom is -0.497 e. The fourth-order valence-corrected chi connectivity index (χ4v) is 2.90. The summed E-state index contributed by atoms with van der Waals surface area (Å²) in [5, 5.41) is 4.09. The first kappa shape index (κ1) is 16.1. The summed E-state index contributed by atoms with van der Waals surface area (Å²) < 4.78 is 7.19. The Morgan fingerprint density at radius 1 is 1.17 bits per heavy atom. The molecule has 1 N–H and O–H groups in total. The first-order valence-corrected chi connectivity index (χ1v) is 8.10. The zero-order valence-corrected chi connectivity index (χ0v) is 14.2. The van der Waals surface area contributed by atoms with Crippen molar-refractivity contribution in [1.29, 1.82) is 0 Å². The highest BCUT2D eigenvalue weighted by Crippen LogP contribution is 2.24. The van der Waals surface area contributed by atoms with Gasteiger partial charge in [0.25, 0.3) is 0 Å². The smallest absolute Gasteiger partial charge is 0.244 e. The van der Waals surface area contributed by atoms with Crippen LogP contribution in [-0.4, -0.2) is 17.6 Å². The van der Waals surface area contributed by atoms with Gasteiger partial charge in [-0.05, 0) is 41.8 Å². The van der Waals surface area contributed by atoms with Crippen molar-refractivity contribution in [2.45, 2.75) is 26.3 Å². The molecule has 24 heavy (non-hydrogen) atoms. The molecule has 0 saturated carbocycles. The van der Waals surface area contributed by atoms with Crippen molar-refractivity contribution < 1.29 is 9.53 Å². The van der Waals surface area contributed by atoms with Crippen LogP contribution in [0.25, 0.3) is 10.9 Å². The van der Waals surface area contributed by atoms with Crippen molar-refractivity contribution in [3.8, 4) is 5.75 Å². The topological polar surface area (TPSA) is 43.3 Å². The summed E-state index contributed by atoms with van der Waals surface area (Å²) in [5.74, 6) is 1.15. The highest BCUT2D eigenvalue weighted by Gasteiger charge is 2.11. The maximum Gasteiger partial charge on any atom is 0.244 e. The average Bonchev–Trinajstić information content (AvgIpc) is 2.97. The molecule has 1 amide bonds. The maximum atomic E-state index is 12.5. The number of carbonyl (C=O) groups is 1. The predicted octanol–water partition coefficient (Wildman–Crippen LogP) is 4.41. The molecule has 124 valence electrons. The lowest BCUT2D eigenvalue weighted by Crippen LogP contribution is -2.19. The van der Waals surface area contributed by atoms with Crippen LogP contribution in [0.15, 0.2) is 54.7 Å². The predicted molar refractivity (Wildman–Crippen MR) is 97.7 cm³/mol. The van der Waals surface area contributed by atoms with E-state index in [-0.39, 0.29) is 12.5 Å². The molecule has 1 aromatic heterocycles. The lowest BCUT2D eigenvalue weighted by atomic mass is 10.0. The van der Waals surface area contributed by atoms with Crippen LogP contribution in [0, 0.1) is 0 Å². The molecule has 3 aromatic rings. The van der Waals surface area contributed by atoms with Gasteiger partial charge in [-0.1, -0.05) is 32.0 Å². The van der Waals surface area contributed by atoms with Gasteiger partial charge in [0.1, 0.15) is 12.3 Å².